The smallest absolute Gasteiger partial charge is 0.164 e. The van der Waals surface area contributed by atoms with Gasteiger partial charge in [0.1, 0.15) is 11.9 Å². The molecule has 7 heteroatoms. The first kappa shape index (κ1) is 30.7. The molecule has 1 aliphatic heterocycles. The SMILES string of the molecule is CCCCN(CCCC)c1ccc(/C=C/c2ccc(/C=C/C3=C(C#N)C(C(C#N)C#N)OC3(C)C)s2)c(OC)c1. The van der Waals surface area contributed by atoms with Gasteiger partial charge in [0.2, 0.25) is 0 Å². The van der Waals surface area contributed by atoms with E-state index in [9.17, 15) is 15.8 Å². The van der Waals surface area contributed by atoms with Crippen LogP contribution in [0, 0.1) is 39.9 Å². The van der Waals surface area contributed by atoms with Crippen LogP contribution in [0.4, 0.5) is 5.69 Å². The summed E-state index contributed by atoms with van der Waals surface area (Å²) in [5.74, 6) is -0.175. The Morgan fingerprint density at radius 2 is 1.60 bits per heavy atom. The molecule has 208 valence electrons. The van der Waals surface area contributed by atoms with Crippen LogP contribution in [0.15, 0.2) is 47.6 Å². The molecule has 0 aliphatic carbocycles. The molecule has 1 aromatic heterocycles. The van der Waals surface area contributed by atoms with Crippen LogP contribution in [0.2, 0.25) is 0 Å². The molecule has 2 aromatic rings. The number of methoxy groups -OCH3 is 1. The number of nitriles is 3. The van der Waals surface area contributed by atoms with Gasteiger partial charge in [-0.3, -0.25) is 0 Å². The minimum atomic E-state index is -1.03. The standard InChI is InChI=1S/C33H38N4O2S/c1-6-8-18-37(19-9-7-2)26-12-10-24(31(20-26)38-5)11-13-27-14-15-28(40-27)16-17-30-29(23-36)32(25(21-34)22-35)39-33(30,3)4/h10-17,20,25,32H,6-9,18-19H2,1-5H3/b13-11+,17-16+. The number of thiophene rings is 1. The van der Waals surface area contributed by atoms with Gasteiger partial charge in [-0.1, -0.05) is 32.8 Å². The van der Waals surface area contributed by atoms with Crippen LogP contribution >= 0.6 is 11.3 Å². The fourth-order valence-corrected chi connectivity index (χ4v) is 5.53. The van der Waals surface area contributed by atoms with Gasteiger partial charge in [0.25, 0.3) is 0 Å². The van der Waals surface area contributed by atoms with E-state index in [4.69, 9.17) is 9.47 Å². The molecule has 1 aliphatic rings. The summed E-state index contributed by atoms with van der Waals surface area (Å²) in [5.41, 5.74) is 2.47. The minimum absolute atomic E-state index is 0.338. The Labute approximate surface area is 243 Å². The number of ether oxygens (including phenoxy) is 2. The van der Waals surface area contributed by atoms with Crippen molar-refractivity contribution >= 4 is 35.3 Å². The van der Waals surface area contributed by atoms with Crippen LogP contribution in [0.5, 0.6) is 5.75 Å². The van der Waals surface area contributed by atoms with Gasteiger partial charge in [-0.2, -0.15) is 15.8 Å². The molecule has 0 N–H and O–H groups in total. The molecule has 6 nitrogen and oxygen atoms in total. The summed E-state index contributed by atoms with van der Waals surface area (Å²) in [5, 5.41) is 28.4. The Kier molecular flexibility index (Phi) is 11.2. The molecule has 3 rings (SSSR count). The lowest BCUT2D eigenvalue weighted by Gasteiger charge is -2.25. The predicted octanol–water partition coefficient (Wildman–Crippen LogP) is 8.01. The Bertz CT molecular complexity index is 1360. The molecular formula is C33H38N4O2S. The maximum atomic E-state index is 9.76. The lowest BCUT2D eigenvalue weighted by molar-refractivity contribution is -0.0123. The molecule has 1 unspecified atom stereocenters. The summed E-state index contributed by atoms with van der Waals surface area (Å²) in [7, 11) is 1.71. The highest BCUT2D eigenvalue weighted by Gasteiger charge is 2.43. The average Bonchev–Trinajstić information content (AvgIpc) is 3.51. The third kappa shape index (κ3) is 7.42. The molecule has 2 heterocycles. The first-order valence-electron chi connectivity index (χ1n) is 13.8. The zero-order valence-electron chi connectivity index (χ0n) is 24.1. The van der Waals surface area contributed by atoms with Crippen molar-refractivity contribution in [3.05, 3.63) is 62.9 Å². The van der Waals surface area contributed by atoms with Crippen LogP contribution in [0.1, 0.15) is 68.7 Å². The topological polar surface area (TPSA) is 93.1 Å². The highest BCUT2D eigenvalue weighted by molar-refractivity contribution is 7.13. The highest BCUT2D eigenvalue weighted by atomic mass is 32.1. The molecule has 40 heavy (non-hydrogen) atoms. The van der Waals surface area contributed by atoms with Crippen molar-refractivity contribution in [2.24, 2.45) is 5.92 Å². The van der Waals surface area contributed by atoms with E-state index >= 15 is 0 Å². The fourth-order valence-electron chi connectivity index (χ4n) is 4.72. The van der Waals surface area contributed by atoms with E-state index in [0.717, 1.165) is 34.2 Å². The van der Waals surface area contributed by atoms with Gasteiger partial charge in [-0.05, 0) is 74.8 Å². The third-order valence-electron chi connectivity index (χ3n) is 6.98. The van der Waals surface area contributed by atoms with Crippen LogP contribution in [0.3, 0.4) is 0 Å². The first-order valence-corrected chi connectivity index (χ1v) is 14.6. The summed E-state index contributed by atoms with van der Waals surface area (Å²) in [6, 6.07) is 16.6. The van der Waals surface area contributed by atoms with Crippen molar-refractivity contribution in [2.45, 2.75) is 65.1 Å². The summed E-state index contributed by atoms with van der Waals surface area (Å²) in [6.07, 6.45) is 11.8. The van der Waals surface area contributed by atoms with E-state index in [1.54, 1.807) is 18.4 Å². The van der Waals surface area contributed by atoms with Crippen molar-refractivity contribution in [1.82, 2.24) is 0 Å². The molecule has 0 saturated carbocycles. The summed E-state index contributed by atoms with van der Waals surface area (Å²) in [4.78, 5) is 4.56. The Hall–Kier alpha value is -3.83. The number of benzene rings is 1. The second kappa shape index (κ2) is 14.5. The number of unbranched alkanes of at least 4 members (excludes halogenated alkanes) is 2. The molecule has 0 saturated heterocycles. The van der Waals surface area contributed by atoms with Crippen molar-refractivity contribution in [2.75, 3.05) is 25.1 Å². The summed E-state index contributed by atoms with van der Waals surface area (Å²) < 4.78 is 11.7. The molecule has 0 amide bonds. The van der Waals surface area contributed by atoms with Gasteiger partial charge in [0.05, 0.1) is 36.5 Å². The predicted molar refractivity (Wildman–Crippen MR) is 164 cm³/mol. The maximum Gasteiger partial charge on any atom is 0.164 e. The maximum absolute atomic E-state index is 9.76. The monoisotopic (exact) mass is 554 g/mol. The highest BCUT2D eigenvalue weighted by Crippen LogP contribution is 2.39. The largest absolute Gasteiger partial charge is 0.496 e. The molecule has 1 atom stereocenters. The first-order chi connectivity index (χ1) is 19.3. The quantitative estimate of drug-likeness (QED) is 0.249. The van der Waals surface area contributed by atoms with Crippen molar-refractivity contribution in [3.8, 4) is 24.0 Å². The van der Waals surface area contributed by atoms with Crippen LogP contribution in [0.25, 0.3) is 18.2 Å². The minimum Gasteiger partial charge on any atom is -0.496 e. The van der Waals surface area contributed by atoms with Gasteiger partial charge in [0, 0.05) is 40.2 Å². The van der Waals surface area contributed by atoms with Crippen molar-refractivity contribution < 1.29 is 9.47 Å². The van der Waals surface area contributed by atoms with Crippen LogP contribution in [-0.2, 0) is 4.74 Å². The van der Waals surface area contributed by atoms with Crippen LogP contribution in [-0.4, -0.2) is 31.9 Å². The molecule has 0 bridgehead atoms. The number of hydrogen-bond donors (Lipinski definition) is 0. The molecule has 1 aromatic carbocycles. The number of nitrogens with zero attached hydrogens (tertiary/aromatic N) is 4. The van der Waals surface area contributed by atoms with Crippen molar-refractivity contribution in [1.29, 1.82) is 15.8 Å². The Balaban J connectivity index is 1.79. The van der Waals surface area contributed by atoms with E-state index in [1.165, 1.54) is 31.4 Å². The van der Waals surface area contributed by atoms with Gasteiger partial charge < -0.3 is 14.4 Å². The van der Waals surface area contributed by atoms with Gasteiger partial charge in [-0.15, -0.1) is 11.3 Å². The van der Waals surface area contributed by atoms with Crippen LogP contribution < -0.4 is 9.64 Å². The lowest BCUT2D eigenvalue weighted by atomic mass is 9.91. The Morgan fingerprint density at radius 3 is 2.15 bits per heavy atom. The van der Waals surface area contributed by atoms with E-state index < -0.39 is 17.6 Å². The molecule has 0 fully saturated rings. The zero-order chi connectivity index (χ0) is 29.1. The van der Waals surface area contributed by atoms with E-state index in [0.29, 0.717) is 11.1 Å². The van der Waals surface area contributed by atoms with E-state index in [2.05, 4.69) is 61.2 Å². The van der Waals surface area contributed by atoms with E-state index in [-0.39, 0.29) is 0 Å². The van der Waals surface area contributed by atoms with Gasteiger partial charge in [-0.25, -0.2) is 0 Å². The Morgan fingerprint density at radius 1 is 0.975 bits per heavy atom. The second-order valence-corrected chi connectivity index (χ2v) is 11.4. The molecule has 0 radical (unpaired) electrons. The number of rotatable bonds is 13. The third-order valence-corrected chi connectivity index (χ3v) is 8.00. The van der Waals surface area contributed by atoms with Gasteiger partial charge >= 0.3 is 0 Å². The average molecular weight is 555 g/mol. The second-order valence-electron chi connectivity index (χ2n) is 10.3. The summed E-state index contributed by atoms with van der Waals surface area (Å²) in [6.45, 7) is 10.2. The lowest BCUT2D eigenvalue weighted by Crippen LogP contribution is -2.27. The summed E-state index contributed by atoms with van der Waals surface area (Å²) >= 11 is 1.63. The number of anilines is 1. The molecular weight excluding hydrogens is 516 g/mol. The van der Waals surface area contributed by atoms with E-state index in [1.807, 2.05) is 44.2 Å². The fraction of sp³-hybridized carbons (Fsp3) is 0.424. The van der Waals surface area contributed by atoms with Crippen molar-refractivity contribution in [3.63, 3.8) is 0 Å². The molecule has 0 spiro atoms. The van der Waals surface area contributed by atoms with Gasteiger partial charge in [0.15, 0.2) is 5.92 Å². The number of hydrogen-bond acceptors (Lipinski definition) is 7. The zero-order valence-corrected chi connectivity index (χ0v) is 24.9. The normalized spacial score (nSPS) is 16.4.